The van der Waals surface area contributed by atoms with Crippen LogP contribution in [0.3, 0.4) is 0 Å². The Morgan fingerprint density at radius 1 is 0.688 bits per heavy atom. The normalized spacial score (nSPS) is 14.1. The van der Waals surface area contributed by atoms with Gasteiger partial charge in [-0.2, -0.15) is 0 Å². The van der Waals surface area contributed by atoms with Crippen LogP contribution in [0.15, 0.2) is 48.6 Å². The van der Waals surface area contributed by atoms with Gasteiger partial charge in [0.05, 0.1) is 6.61 Å². The fourth-order valence-corrected chi connectivity index (χ4v) is 1.99. The third kappa shape index (κ3) is 9.27. The van der Waals surface area contributed by atoms with Gasteiger partial charge in [-0.1, -0.05) is 26.3 Å². The van der Waals surface area contributed by atoms with Crippen molar-refractivity contribution < 1.29 is 48.3 Å². The number of esters is 4. The third-order valence-corrected chi connectivity index (χ3v) is 3.77. The number of hydrogen-bond acceptors (Lipinski definition) is 10. The third-order valence-electron chi connectivity index (χ3n) is 3.77. The Hall–Kier alpha value is -3.24. The van der Waals surface area contributed by atoms with Gasteiger partial charge in [0.1, 0.15) is 12.7 Å². The van der Waals surface area contributed by atoms with Gasteiger partial charge in [-0.25, -0.2) is 19.2 Å². The summed E-state index contributed by atoms with van der Waals surface area (Å²) in [5.74, 6) is -3.76. The lowest BCUT2D eigenvalue weighted by Crippen LogP contribution is -2.53. The van der Waals surface area contributed by atoms with E-state index in [1.165, 1.54) is 27.7 Å². The fourth-order valence-electron chi connectivity index (χ4n) is 1.99. The topological polar surface area (TPSA) is 146 Å². The molecule has 32 heavy (non-hydrogen) atoms. The molecule has 0 saturated carbocycles. The highest BCUT2D eigenvalue weighted by molar-refractivity contribution is 5.89. The predicted octanol–water partition coefficient (Wildman–Crippen LogP) is 0.923. The molecule has 0 radical (unpaired) electrons. The number of aliphatic hydroxyl groups excluding tert-OH is 2. The molecule has 0 saturated heterocycles. The van der Waals surface area contributed by atoms with Gasteiger partial charge in [-0.05, 0) is 27.7 Å². The van der Waals surface area contributed by atoms with Crippen LogP contribution in [0.2, 0.25) is 0 Å². The first-order valence-corrected chi connectivity index (χ1v) is 9.43. The Labute approximate surface area is 186 Å². The standard InChI is InChI=1S/C22H30O10/c1-11(2)19(25)29-10-16(30-20(26)12(3)4)18(32-22(28)14(7)8)17(15(24)9-23)31-21(27)13(5)6/h15-18,23-24H,1,3,5,7,9-10H2,2,4,6,8H3/t15-,16-,17-,18-/m1/s1. The first kappa shape index (κ1) is 28.8. The molecule has 0 aliphatic heterocycles. The van der Waals surface area contributed by atoms with Crippen molar-refractivity contribution in [1.29, 1.82) is 0 Å². The van der Waals surface area contributed by atoms with Crippen molar-refractivity contribution in [3.8, 4) is 0 Å². The van der Waals surface area contributed by atoms with Gasteiger partial charge < -0.3 is 29.2 Å². The summed E-state index contributed by atoms with van der Waals surface area (Å²) in [5, 5.41) is 19.7. The van der Waals surface area contributed by atoms with E-state index in [0.717, 1.165) is 0 Å². The molecule has 0 fully saturated rings. The van der Waals surface area contributed by atoms with Gasteiger partial charge in [-0.3, -0.25) is 0 Å². The molecule has 0 amide bonds. The van der Waals surface area contributed by atoms with Gasteiger partial charge >= 0.3 is 23.9 Å². The smallest absolute Gasteiger partial charge is 0.333 e. The minimum absolute atomic E-state index is 0.0334. The predicted molar refractivity (Wildman–Crippen MR) is 113 cm³/mol. The number of aliphatic hydroxyl groups is 2. The van der Waals surface area contributed by atoms with Crippen LogP contribution in [-0.2, 0) is 38.1 Å². The van der Waals surface area contributed by atoms with Crippen LogP contribution < -0.4 is 0 Å². The van der Waals surface area contributed by atoms with Crippen molar-refractivity contribution in [3.05, 3.63) is 48.6 Å². The Kier molecular flexibility index (Phi) is 11.9. The Balaban J connectivity index is 6.36. The quantitative estimate of drug-likeness (QED) is 0.234. The van der Waals surface area contributed by atoms with E-state index in [0.29, 0.717) is 0 Å². The average molecular weight is 454 g/mol. The zero-order valence-electron chi connectivity index (χ0n) is 18.7. The van der Waals surface area contributed by atoms with Gasteiger partial charge in [0.25, 0.3) is 0 Å². The summed E-state index contributed by atoms with van der Waals surface area (Å²) in [6.45, 7) is 17.5. The molecule has 0 bridgehead atoms. The molecule has 0 aromatic carbocycles. The molecule has 0 rings (SSSR count). The largest absolute Gasteiger partial charge is 0.458 e. The maximum Gasteiger partial charge on any atom is 0.333 e. The van der Waals surface area contributed by atoms with E-state index < -0.39 is 61.5 Å². The highest BCUT2D eigenvalue weighted by atomic mass is 16.6. The van der Waals surface area contributed by atoms with Crippen LogP contribution in [0.4, 0.5) is 0 Å². The van der Waals surface area contributed by atoms with Crippen molar-refractivity contribution in [2.24, 2.45) is 0 Å². The molecule has 2 N–H and O–H groups in total. The molecular weight excluding hydrogens is 424 g/mol. The van der Waals surface area contributed by atoms with E-state index in [2.05, 4.69) is 26.3 Å². The van der Waals surface area contributed by atoms with Crippen LogP contribution in [0.5, 0.6) is 0 Å². The SMILES string of the molecule is C=C(C)C(=O)OC[C@@H](OC(=O)C(=C)C)[C@@H](OC(=O)C(=C)C)[C@H](OC(=O)C(=C)C)[C@H](O)CO. The highest BCUT2D eigenvalue weighted by Crippen LogP contribution is 2.20. The number of rotatable bonds is 13. The molecule has 0 heterocycles. The fraction of sp³-hybridized carbons (Fsp3) is 0.455. The van der Waals surface area contributed by atoms with Gasteiger partial charge in [0.2, 0.25) is 0 Å². The first-order chi connectivity index (χ1) is 14.7. The van der Waals surface area contributed by atoms with Gasteiger partial charge in [-0.15, -0.1) is 0 Å². The van der Waals surface area contributed by atoms with Crippen LogP contribution >= 0.6 is 0 Å². The maximum atomic E-state index is 12.3. The summed E-state index contributed by atoms with van der Waals surface area (Å²) >= 11 is 0. The molecule has 0 aliphatic rings. The lowest BCUT2D eigenvalue weighted by molar-refractivity contribution is -0.197. The molecule has 178 valence electrons. The van der Waals surface area contributed by atoms with E-state index in [1.807, 2.05) is 0 Å². The molecule has 10 nitrogen and oxygen atoms in total. The van der Waals surface area contributed by atoms with Crippen molar-refractivity contribution in [3.63, 3.8) is 0 Å². The second-order valence-corrected chi connectivity index (χ2v) is 7.15. The Morgan fingerprint density at radius 3 is 1.44 bits per heavy atom. The van der Waals surface area contributed by atoms with Crippen molar-refractivity contribution in [1.82, 2.24) is 0 Å². The minimum atomic E-state index is -1.77. The number of ether oxygens (including phenoxy) is 4. The van der Waals surface area contributed by atoms with Crippen LogP contribution in [0.25, 0.3) is 0 Å². The molecule has 0 aromatic heterocycles. The Morgan fingerprint density at radius 2 is 1.06 bits per heavy atom. The summed E-state index contributed by atoms with van der Waals surface area (Å²) in [6.07, 6.45) is -6.80. The number of carbonyl (C=O) groups is 4. The lowest BCUT2D eigenvalue weighted by Gasteiger charge is -2.34. The molecule has 10 heteroatoms. The summed E-state index contributed by atoms with van der Waals surface area (Å²) in [6, 6.07) is 0. The molecule has 0 spiro atoms. The van der Waals surface area contributed by atoms with Crippen molar-refractivity contribution >= 4 is 23.9 Å². The summed E-state index contributed by atoms with van der Waals surface area (Å²) in [4.78, 5) is 48.4. The molecule has 0 aliphatic carbocycles. The van der Waals surface area contributed by atoms with E-state index >= 15 is 0 Å². The second kappa shape index (κ2) is 13.2. The van der Waals surface area contributed by atoms with Crippen LogP contribution in [0.1, 0.15) is 27.7 Å². The van der Waals surface area contributed by atoms with E-state index in [4.69, 9.17) is 18.9 Å². The zero-order chi connectivity index (χ0) is 25.2. The molecule has 4 atom stereocenters. The highest BCUT2D eigenvalue weighted by Gasteiger charge is 2.43. The lowest BCUT2D eigenvalue weighted by atomic mass is 10.0. The molecular formula is C22H30O10. The van der Waals surface area contributed by atoms with Crippen molar-refractivity contribution in [2.75, 3.05) is 13.2 Å². The zero-order valence-corrected chi connectivity index (χ0v) is 18.7. The van der Waals surface area contributed by atoms with E-state index in [1.54, 1.807) is 0 Å². The summed E-state index contributed by atoms with van der Waals surface area (Å²) in [7, 11) is 0. The first-order valence-electron chi connectivity index (χ1n) is 9.43. The Bertz CT molecular complexity index is 795. The number of hydrogen-bond donors (Lipinski definition) is 2. The average Bonchev–Trinajstić information content (AvgIpc) is 2.71. The van der Waals surface area contributed by atoms with Crippen LogP contribution in [0, 0.1) is 0 Å². The van der Waals surface area contributed by atoms with Crippen molar-refractivity contribution in [2.45, 2.75) is 52.1 Å². The van der Waals surface area contributed by atoms with E-state index in [9.17, 15) is 29.4 Å². The second-order valence-electron chi connectivity index (χ2n) is 7.15. The van der Waals surface area contributed by atoms with Crippen LogP contribution in [-0.4, -0.2) is 71.7 Å². The van der Waals surface area contributed by atoms with Gasteiger partial charge in [0.15, 0.2) is 18.3 Å². The molecule has 0 aromatic rings. The monoisotopic (exact) mass is 454 g/mol. The molecule has 0 unspecified atom stereocenters. The maximum absolute atomic E-state index is 12.3. The minimum Gasteiger partial charge on any atom is -0.458 e. The summed E-state index contributed by atoms with van der Waals surface area (Å²) in [5.41, 5.74) is -0.132. The van der Waals surface area contributed by atoms with E-state index in [-0.39, 0.29) is 22.3 Å². The number of carbonyl (C=O) groups excluding carboxylic acids is 4. The van der Waals surface area contributed by atoms with Gasteiger partial charge in [0, 0.05) is 22.3 Å². The summed E-state index contributed by atoms with van der Waals surface area (Å²) < 4.78 is 20.7.